The number of hydrogen-bond acceptors (Lipinski definition) is 5. The Bertz CT molecular complexity index is 407. The zero-order valence-corrected chi connectivity index (χ0v) is 14.8. The molecular formula is C14H28NO6P. The van der Waals surface area contributed by atoms with Crippen LogP contribution in [0.5, 0.6) is 0 Å². The van der Waals surface area contributed by atoms with Gasteiger partial charge < -0.3 is 23.5 Å². The molecule has 0 aliphatic heterocycles. The van der Waals surface area contributed by atoms with Crippen LogP contribution in [0.25, 0.3) is 0 Å². The van der Waals surface area contributed by atoms with Crippen molar-refractivity contribution in [1.29, 1.82) is 0 Å². The number of quaternary nitrogens is 1. The molecule has 0 saturated carbocycles. The van der Waals surface area contributed by atoms with Crippen LogP contribution in [0.2, 0.25) is 0 Å². The van der Waals surface area contributed by atoms with Gasteiger partial charge in [0.1, 0.15) is 12.6 Å². The molecule has 8 heteroatoms. The Labute approximate surface area is 132 Å². The molecular weight excluding hydrogens is 309 g/mol. The van der Waals surface area contributed by atoms with Crippen LogP contribution in [0.4, 0.5) is 0 Å². The predicted molar refractivity (Wildman–Crippen MR) is 81.8 cm³/mol. The van der Waals surface area contributed by atoms with Crippen LogP contribution in [0, 0.1) is 0 Å². The summed E-state index contributed by atoms with van der Waals surface area (Å²) < 4.78 is 21.1. The van der Waals surface area contributed by atoms with E-state index < -0.39 is 13.8 Å². The largest absolute Gasteiger partial charge is 0.756 e. The van der Waals surface area contributed by atoms with Gasteiger partial charge in [0.05, 0.1) is 26.2 Å². The molecule has 0 aromatic heterocycles. The van der Waals surface area contributed by atoms with Gasteiger partial charge >= 0.3 is 5.97 Å². The lowest BCUT2D eigenvalue weighted by molar-refractivity contribution is -0.947. The van der Waals surface area contributed by atoms with E-state index in [1.807, 2.05) is 20.8 Å². The van der Waals surface area contributed by atoms with E-state index in [1.54, 1.807) is 6.92 Å². The monoisotopic (exact) mass is 337 g/mol. The molecule has 1 N–H and O–H groups in total. The minimum atomic E-state index is -4.77. The summed E-state index contributed by atoms with van der Waals surface area (Å²) in [5.74, 6) is -0.473. The Hall–Kier alpha value is -0.720. The molecule has 130 valence electrons. The maximum Gasteiger partial charge on any atom is 0.333 e. The summed E-state index contributed by atoms with van der Waals surface area (Å²) in [6.07, 6.45) is 0.439. The second-order valence-electron chi connectivity index (χ2n) is 5.29. The number of carbonyl (C=O) groups excluding carboxylic acids is 1. The van der Waals surface area contributed by atoms with E-state index >= 15 is 0 Å². The first kappa shape index (κ1) is 21.3. The molecule has 7 nitrogen and oxygen atoms in total. The molecule has 0 rings (SSSR count). The van der Waals surface area contributed by atoms with E-state index in [4.69, 9.17) is 9.63 Å². The van der Waals surface area contributed by atoms with Crippen LogP contribution in [-0.2, 0) is 18.6 Å². The number of hydrogen-bond donors (Lipinski definition) is 1. The number of ether oxygens (including phenoxy) is 1. The van der Waals surface area contributed by atoms with Crippen molar-refractivity contribution in [3.05, 3.63) is 12.2 Å². The smallest absolute Gasteiger partial charge is 0.333 e. The van der Waals surface area contributed by atoms with Gasteiger partial charge in [-0.15, -0.1) is 0 Å². The van der Waals surface area contributed by atoms with Crippen LogP contribution in [0.3, 0.4) is 0 Å². The number of esters is 1. The van der Waals surface area contributed by atoms with Gasteiger partial charge in [-0.1, -0.05) is 6.58 Å². The van der Waals surface area contributed by atoms with Gasteiger partial charge in [0.25, 0.3) is 7.82 Å². The Kier molecular flexibility index (Phi) is 9.12. The topological polar surface area (TPSA) is 95.9 Å². The molecule has 0 bridgehead atoms. The molecule has 2 unspecified atom stereocenters. The molecule has 0 aliphatic rings. The van der Waals surface area contributed by atoms with Crippen LogP contribution < -0.4 is 4.89 Å². The van der Waals surface area contributed by atoms with E-state index in [-0.39, 0.29) is 19.3 Å². The number of likely N-dealkylation sites (N-methyl/N-ethyl adjacent to an activating group) is 1. The van der Waals surface area contributed by atoms with Crippen molar-refractivity contribution in [3.63, 3.8) is 0 Å². The molecule has 0 spiro atoms. The fourth-order valence-electron chi connectivity index (χ4n) is 2.55. The lowest BCUT2D eigenvalue weighted by Crippen LogP contribution is -2.57. The summed E-state index contributed by atoms with van der Waals surface area (Å²) in [5, 5.41) is 0. The molecule has 0 amide bonds. The van der Waals surface area contributed by atoms with Gasteiger partial charge in [-0.25, -0.2) is 4.79 Å². The van der Waals surface area contributed by atoms with E-state index in [0.29, 0.717) is 16.5 Å². The third-order valence-electron chi connectivity index (χ3n) is 4.13. The highest BCUT2D eigenvalue weighted by molar-refractivity contribution is 7.44. The summed E-state index contributed by atoms with van der Waals surface area (Å²) in [6, 6.07) is -0.202. The summed E-state index contributed by atoms with van der Waals surface area (Å²) in [7, 11) is -4.77. The van der Waals surface area contributed by atoms with E-state index in [9.17, 15) is 14.3 Å². The average Bonchev–Trinajstić information content (AvgIpc) is 2.44. The van der Waals surface area contributed by atoms with Crippen molar-refractivity contribution in [3.8, 4) is 0 Å². The van der Waals surface area contributed by atoms with Crippen molar-refractivity contribution < 1.29 is 32.9 Å². The van der Waals surface area contributed by atoms with Gasteiger partial charge in [-0.05, 0) is 27.7 Å². The summed E-state index contributed by atoms with van der Waals surface area (Å²) in [5.41, 5.74) is 0.314. The second kappa shape index (κ2) is 9.43. The predicted octanol–water partition coefficient (Wildman–Crippen LogP) is 1.22. The van der Waals surface area contributed by atoms with Crippen molar-refractivity contribution >= 4 is 13.8 Å². The third kappa shape index (κ3) is 7.03. The lowest BCUT2D eigenvalue weighted by atomic mass is 10.1. The first-order chi connectivity index (χ1) is 10.1. The number of carbonyl (C=O) groups is 1. The average molecular weight is 337 g/mol. The Morgan fingerprint density at radius 1 is 1.32 bits per heavy atom. The first-order valence-electron chi connectivity index (χ1n) is 7.48. The fourth-order valence-corrected chi connectivity index (χ4v) is 2.91. The summed E-state index contributed by atoms with van der Waals surface area (Å²) in [6.45, 7) is 13.4. The van der Waals surface area contributed by atoms with Crippen LogP contribution >= 0.6 is 7.82 Å². The molecule has 0 saturated heterocycles. The van der Waals surface area contributed by atoms with Crippen molar-refractivity contribution in [2.45, 2.75) is 40.2 Å². The Morgan fingerprint density at radius 2 is 1.82 bits per heavy atom. The molecule has 0 aliphatic carbocycles. The maximum absolute atomic E-state index is 11.4. The normalized spacial score (nSPS) is 15.9. The highest BCUT2D eigenvalue weighted by atomic mass is 31.2. The highest BCUT2D eigenvalue weighted by Gasteiger charge is 2.33. The van der Waals surface area contributed by atoms with Gasteiger partial charge in [-0.2, -0.15) is 0 Å². The quantitative estimate of drug-likeness (QED) is 0.264. The summed E-state index contributed by atoms with van der Waals surface area (Å²) in [4.78, 5) is 31.1. The zero-order chi connectivity index (χ0) is 17.4. The fraction of sp³-hybridized carbons (Fsp3) is 0.786. The SMILES string of the molecule is C=C(C)C(=O)OCCC(COP(=O)([O-])O)[N+](CC)(CC)CC. The summed E-state index contributed by atoms with van der Waals surface area (Å²) >= 11 is 0. The molecule has 0 aromatic rings. The standard InChI is InChI=1S/C14H28NO6P/c1-6-15(7-2,8-3)13(11-21-22(17,18)19)9-10-20-14(16)12(4)5/h13H,4,6-11H2,1-3,5H3,(H-,17,18,19). The third-order valence-corrected chi connectivity index (χ3v) is 4.60. The van der Waals surface area contributed by atoms with Gasteiger partial charge in [0.2, 0.25) is 0 Å². The molecule has 0 fully saturated rings. The Morgan fingerprint density at radius 3 is 2.18 bits per heavy atom. The molecule has 0 aromatic carbocycles. The lowest BCUT2D eigenvalue weighted by Gasteiger charge is -2.43. The van der Waals surface area contributed by atoms with Crippen LogP contribution in [0.1, 0.15) is 34.1 Å². The van der Waals surface area contributed by atoms with Crippen LogP contribution in [0.15, 0.2) is 12.2 Å². The van der Waals surface area contributed by atoms with E-state index in [1.165, 1.54) is 0 Å². The molecule has 0 radical (unpaired) electrons. The molecule has 22 heavy (non-hydrogen) atoms. The molecule has 0 heterocycles. The number of rotatable bonds is 11. The van der Waals surface area contributed by atoms with Gasteiger partial charge in [0, 0.05) is 12.0 Å². The molecule has 2 atom stereocenters. The number of phosphoric acid groups is 1. The van der Waals surface area contributed by atoms with Gasteiger partial charge in [0.15, 0.2) is 0 Å². The second-order valence-corrected chi connectivity index (χ2v) is 6.49. The number of phosphoric ester groups is 1. The van der Waals surface area contributed by atoms with Crippen molar-refractivity contribution in [2.24, 2.45) is 0 Å². The number of nitrogens with zero attached hydrogens (tertiary/aromatic N) is 1. The maximum atomic E-state index is 11.4. The Balaban J connectivity index is 4.89. The minimum absolute atomic E-state index is 0.141. The van der Waals surface area contributed by atoms with Crippen molar-refractivity contribution in [1.82, 2.24) is 0 Å². The van der Waals surface area contributed by atoms with Crippen LogP contribution in [-0.4, -0.2) is 54.2 Å². The zero-order valence-electron chi connectivity index (χ0n) is 13.9. The van der Waals surface area contributed by atoms with Crippen molar-refractivity contribution in [2.75, 3.05) is 32.8 Å². The first-order valence-corrected chi connectivity index (χ1v) is 8.98. The van der Waals surface area contributed by atoms with Gasteiger partial charge in [-0.3, -0.25) is 4.57 Å². The highest BCUT2D eigenvalue weighted by Crippen LogP contribution is 2.32. The van der Waals surface area contributed by atoms with E-state index in [0.717, 1.165) is 19.6 Å². The van der Waals surface area contributed by atoms with E-state index in [2.05, 4.69) is 11.1 Å². The minimum Gasteiger partial charge on any atom is -0.756 e.